The number of hydrogen-bond acceptors (Lipinski definition) is 4. The van der Waals surface area contributed by atoms with Crippen LogP contribution in [0.5, 0.6) is 0 Å². The smallest absolute Gasteiger partial charge is 0.244 e. The van der Waals surface area contributed by atoms with Crippen molar-refractivity contribution in [1.82, 2.24) is 15.5 Å². The normalized spacial score (nSPS) is 19.4. The monoisotopic (exact) mass is 271 g/mol. The van der Waals surface area contributed by atoms with Crippen LogP contribution in [0.2, 0.25) is 0 Å². The minimum Gasteiger partial charge on any atom is -0.337 e. The molecule has 0 amide bonds. The highest BCUT2D eigenvalue weighted by molar-refractivity contribution is 5.55. The zero-order valence-electron chi connectivity index (χ0n) is 12.3. The number of nitrogens with zero attached hydrogens (tertiary/aromatic N) is 2. The van der Waals surface area contributed by atoms with Gasteiger partial charge in [0.2, 0.25) is 11.7 Å². The van der Waals surface area contributed by atoms with Crippen molar-refractivity contribution < 1.29 is 4.52 Å². The van der Waals surface area contributed by atoms with Crippen LogP contribution >= 0.6 is 0 Å². The average molecular weight is 271 g/mol. The van der Waals surface area contributed by atoms with Crippen LogP contribution in [-0.4, -0.2) is 16.7 Å². The summed E-state index contributed by atoms with van der Waals surface area (Å²) in [4.78, 5) is 4.51. The van der Waals surface area contributed by atoms with E-state index in [1.54, 1.807) is 0 Å². The van der Waals surface area contributed by atoms with Gasteiger partial charge < -0.3 is 9.84 Å². The maximum atomic E-state index is 5.38. The topological polar surface area (TPSA) is 51.0 Å². The van der Waals surface area contributed by atoms with Gasteiger partial charge in [-0.3, -0.25) is 0 Å². The summed E-state index contributed by atoms with van der Waals surface area (Å²) < 4.78 is 5.38. The van der Waals surface area contributed by atoms with Gasteiger partial charge in [-0.1, -0.05) is 50.2 Å². The molecule has 0 radical (unpaired) electrons. The van der Waals surface area contributed by atoms with Gasteiger partial charge in [-0.05, 0) is 30.4 Å². The molecule has 0 bridgehead atoms. The number of rotatable bonds is 2. The van der Waals surface area contributed by atoms with Gasteiger partial charge in [-0.15, -0.1) is 0 Å². The summed E-state index contributed by atoms with van der Waals surface area (Å²) in [5.41, 5.74) is 2.47. The van der Waals surface area contributed by atoms with Gasteiger partial charge in [0.25, 0.3) is 0 Å². The molecule has 2 heterocycles. The van der Waals surface area contributed by atoms with Crippen LogP contribution in [0.3, 0.4) is 0 Å². The van der Waals surface area contributed by atoms with Crippen molar-refractivity contribution in [2.24, 2.45) is 0 Å². The molecule has 106 valence electrons. The molecule has 1 unspecified atom stereocenters. The summed E-state index contributed by atoms with van der Waals surface area (Å²) in [5, 5.41) is 7.47. The first kappa shape index (κ1) is 13.3. The zero-order chi connectivity index (χ0) is 14.2. The molecule has 4 nitrogen and oxygen atoms in total. The third-order valence-corrected chi connectivity index (χ3v) is 3.81. The lowest BCUT2D eigenvalue weighted by Gasteiger charge is -2.18. The Hall–Kier alpha value is -1.68. The van der Waals surface area contributed by atoms with Gasteiger partial charge >= 0.3 is 0 Å². The first-order valence-corrected chi connectivity index (χ1v) is 7.22. The van der Waals surface area contributed by atoms with E-state index in [0.717, 1.165) is 18.5 Å². The summed E-state index contributed by atoms with van der Waals surface area (Å²) in [6.07, 6.45) is 2.24. The van der Waals surface area contributed by atoms with Crippen LogP contribution in [0.25, 0.3) is 11.4 Å². The van der Waals surface area contributed by atoms with Crippen molar-refractivity contribution in [3.05, 3.63) is 35.7 Å². The van der Waals surface area contributed by atoms with E-state index in [1.165, 1.54) is 12.0 Å². The highest BCUT2D eigenvalue weighted by atomic mass is 16.5. The largest absolute Gasteiger partial charge is 0.337 e. The molecule has 2 aromatic rings. The average Bonchev–Trinajstić information content (AvgIpc) is 3.09. The Balaban J connectivity index is 1.82. The zero-order valence-corrected chi connectivity index (χ0v) is 12.3. The van der Waals surface area contributed by atoms with Crippen molar-refractivity contribution in [2.45, 2.75) is 45.1 Å². The van der Waals surface area contributed by atoms with E-state index in [2.05, 4.69) is 60.5 Å². The SMILES string of the molecule is CC(C)(C)c1ccc(-c2noc(C3CCCN3)n2)cc1. The minimum absolute atomic E-state index is 0.161. The van der Waals surface area contributed by atoms with E-state index in [0.29, 0.717) is 11.7 Å². The van der Waals surface area contributed by atoms with Gasteiger partial charge in [0.1, 0.15) is 0 Å². The quantitative estimate of drug-likeness (QED) is 0.908. The van der Waals surface area contributed by atoms with Crippen molar-refractivity contribution in [1.29, 1.82) is 0 Å². The molecule has 0 spiro atoms. The molecular formula is C16H21N3O. The van der Waals surface area contributed by atoms with Gasteiger partial charge in [0, 0.05) is 5.56 Å². The molecule has 1 saturated heterocycles. The molecule has 1 atom stereocenters. The molecule has 1 fully saturated rings. The van der Waals surface area contributed by atoms with Crippen LogP contribution in [0.15, 0.2) is 28.8 Å². The minimum atomic E-state index is 0.161. The lowest BCUT2D eigenvalue weighted by molar-refractivity contribution is 0.345. The van der Waals surface area contributed by atoms with Gasteiger partial charge in [0.05, 0.1) is 6.04 Å². The standard InChI is InChI=1S/C16H21N3O/c1-16(2,3)12-8-6-11(7-9-12)14-18-15(20-19-14)13-5-4-10-17-13/h6-9,13,17H,4-5,10H2,1-3H3. The Morgan fingerprint density at radius 1 is 1.20 bits per heavy atom. The molecule has 0 saturated carbocycles. The van der Waals surface area contributed by atoms with Gasteiger partial charge in [-0.2, -0.15) is 4.98 Å². The Morgan fingerprint density at radius 3 is 2.55 bits per heavy atom. The third-order valence-electron chi connectivity index (χ3n) is 3.81. The summed E-state index contributed by atoms with van der Waals surface area (Å²) in [6, 6.07) is 8.64. The first-order chi connectivity index (χ1) is 9.54. The third kappa shape index (κ3) is 2.61. The number of nitrogens with one attached hydrogen (secondary N) is 1. The fourth-order valence-electron chi connectivity index (χ4n) is 2.51. The molecule has 1 aromatic heterocycles. The first-order valence-electron chi connectivity index (χ1n) is 7.22. The number of aromatic nitrogens is 2. The Bertz CT molecular complexity index is 575. The summed E-state index contributed by atoms with van der Waals surface area (Å²) >= 11 is 0. The van der Waals surface area contributed by atoms with Crippen LogP contribution < -0.4 is 5.32 Å². The molecule has 3 rings (SSSR count). The van der Waals surface area contributed by atoms with Crippen molar-refractivity contribution in [3.63, 3.8) is 0 Å². The Kier molecular flexibility index (Phi) is 3.34. The molecule has 0 aliphatic carbocycles. The fraction of sp³-hybridized carbons (Fsp3) is 0.500. The number of benzene rings is 1. The number of hydrogen-bond donors (Lipinski definition) is 1. The Labute approximate surface area is 119 Å². The van der Waals surface area contributed by atoms with E-state index in [1.807, 2.05) is 0 Å². The molecule has 1 aliphatic heterocycles. The predicted octanol–water partition coefficient (Wildman–Crippen LogP) is 3.46. The maximum absolute atomic E-state index is 5.38. The molecule has 1 N–H and O–H groups in total. The van der Waals surface area contributed by atoms with Crippen molar-refractivity contribution in [2.75, 3.05) is 6.54 Å². The molecule has 1 aliphatic rings. The lowest BCUT2D eigenvalue weighted by Crippen LogP contribution is -2.13. The van der Waals surface area contributed by atoms with Crippen LogP contribution in [-0.2, 0) is 5.41 Å². The van der Waals surface area contributed by atoms with Crippen molar-refractivity contribution >= 4 is 0 Å². The van der Waals surface area contributed by atoms with E-state index in [4.69, 9.17) is 4.52 Å². The maximum Gasteiger partial charge on any atom is 0.244 e. The molecule has 1 aromatic carbocycles. The van der Waals surface area contributed by atoms with Crippen LogP contribution in [0, 0.1) is 0 Å². The second-order valence-electron chi connectivity index (χ2n) is 6.43. The molecule has 20 heavy (non-hydrogen) atoms. The summed E-state index contributed by atoms with van der Waals surface area (Å²) in [7, 11) is 0. The van der Waals surface area contributed by atoms with Crippen LogP contribution in [0.1, 0.15) is 51.1 Å². The lowest BCUT2D eigenvalue weighted by atomic mass is 9.87. The van der Waals surface area contributed by atoms with E-state index in [9.17, 15) is 0 Å². The summed E-state index contributed by atoms with van der Waals surface area (Å²) in [5.74, 6) is 1.38. The Morgan fingerprint density at radius 2 is 1.95 bits per heavy atom. The van der Waals surface area contributed by atoms with Crippen molar-refractivity contribution in [3.8, 4) is 11.4 Å². The van der Waals surface area contributed by atoms with E-state index >= 15 is 0 Å². The molecule has 4 heteroatoms. The second kappa shape index (κ2) is 5.02. The predicted molar refractivity (Wildman–Crippen MR) is 78.4 cm³/mol. The van der Waals surface area contributed by atoms with Gasteiger partial charge in [-0.25, -0.2) is 0 Å². The molecular weight excluding hydrogens is 250 g/mol. The van der Waals surface area contributed by atoms with Gasteiger partial charge in [0.15, 0.2) is 0 Å². The van der Waals surface area contributed by atoms with Crippen LogP contribution in [0.4, 0.5) is 0 Å². The highest BCUT2D eigenvalue weighted by Crippen LogP contribution is 2.27. The summed E-state index contributed by atoms with van der Waals surface area (Å²) in [6.45, 7) is 7.66. The van der Waals surface area contributed by atoms with E-state index in [-0.39, 0.29) is 11.5 Å². The fourth-order valence-corrected chi connectivity index (χ4v) is 2.51. The second-order valence-corrected chi connectivity index (χ2v) is 6.43. The highest BCUT2D eigenvalue weighted by Gasteiger charge is 2.22. The van der Waals surface area contributed by atoms with E-state index < -0.39 is 0 Å².